The molecule has 5 aliphatic heterocycles. The highest BCUT2D eigenvalue weighted by molar-refractivity contribution is 5.83. The smallest absolute Gasteiger partial charge is 0.331 e. The standard InChI is InChI=1S/C78H132O20/c1-45-22-28-58(80)37-61-19-16-18-60(95-61)36-57(44-79)51(7)68(82)42-71(85)54(10)78(55(11)75(88)47(3)26-30-64-39-66(90-13)34-49(5)93-64)98-74(87)33-25-46(2)23-29-59(81)38-62-20-17-21-63(96-62)41-72(92-15)52(8)69(83)43-70(84)53(9)76(89)56(12)77(97-73(86)32-24-45)48(4)27-31-65-40-67(91-14)35-50(6)94-65/h16-17,19-20,22-25,32-33,47-72,75-85,88-89H,18,21,26-31,34-44H2,1-15H3/b32-24+,33-25+,45-22+,46-23+/t47-,48-,49-,50-,51+,52-,53-,54-,55-,56+,57+,58-,59-,60?,61-,62-,63-,64?,65-,66+,67+,68-,69-,70+,71+,72-,75-,76-,77-,78?/m0/s1. The number of carbonyl (C=O) groups excluding carboxylic acids is 2. The van der Waals surface area contributed by atoms with Crippen LogP contribution in [0.15, 0.2) is 71.9 Å². The number of rotatable bonds is 14. The topological polar surface area (TPSA) is 299 Å². The summed E-state index contributed by atoms with van der Waals surface area (Å²) in [6, 6.07) is 0. The summed E-state index contributed by atoms with van der Waals surface area (Å²) in [5.41, 5.74) is 1.39. The maximum absolute atomic E-state index is 13.9. The molecule has 0 radical (unpaired) electrons. The third kappa shape index (κ3) is 28.1. The van der Waals surface area contributed by atoms with Gasteiger partial charge in [0.05, 0.1) is 116 Å². The summed E-state index contributed by atoms with van der Waals surface area (Å²) in [6.45, 7) is 22.2. The summed E-state index contributed by atoms with van der Waals surface area (Å²) in [6.07, 6.45) is 14.2. The summed E-state index contributed by atoms with van der Waals surface area (Å²) in [7, 11) is 5.00. The molecule has 0 saturated carbocycles. The van der Waals surface area contributed by atoms with E-state index in [-0.39, 0.29) is 106 Å². The van der Waals surface area contributed by atoms with Gasteiger partial charge in [-0.05, 0) is 148 Å². The van der Waals surface area contributed by atoms with Gasteiger partial charge in [-0.25, -0.2) is 9.59 Å². The van der Waals surface area contributed by atoms with Gasteiger partial charge in [-0.3, -0.25) is 0 Å². The van der Waals surface area contributed by atoms with Gasteiger partial charge >= 0.3 is 11.9 Å². The first-order valence-corrected chi connectivity index (χ1v) is 37.1. The fourth-order valence-corrected chi connectivity index (χ4v) is 15.4. The fraction of sp³-hybridized carbons (Fsp3) is 0.821. The summed E-state index contributed by atoms with van der Waals surface area (Å²) < 4.78 is 55.3. The number of methoxy groups -OCH3 is 3. The fourth-order valence-electron chi connectivity index (χ4n) is 15.4. The molecule has 20 heteroatoms. The lowest BCUT2D eigenvalue weighted by Crippen LogP contribution is -2.45. The van der Waals surface area contributed by atoms with Crippen molar-refractivity contribution in [3.05, 3.63) is 71.9 Å². The van der Waals surface area contributed by atoms with E-state index >= 15 is 0 Å². The highest BCUT2D eigenvalue weighted by Crippen LogP contribution is 2.37. The minimum absolute atomic E-state index is 0.0248. The van der Waals surface area contributed by atoms with E-state index in [1.54, 1.807) is 54.3 Å². The van der Waals surface area contributed by atoms with Crippen LogP contribution >= 0.6 is 0 Å². The molecule has 30 atom stereocenters. The minimum atomic E-state index is -1.19. The van der Waals surface area contributed by atoms with Gasteiger partial charge in [0.1, 0.15) is 12.2 Å². The van der Waals surface area contributed by atoms with Crippen LogP contribution < -0.4 is 0 Å². The van der Waals surface area contributed by atoms with E-state index < -0.39 is 133 Å². The summed E-state index contributed by atoms with van der Waals surface area (Å²) >= 11 is 0. The molecule has 9 N–H and O–H groups in total. The van der Waals surface area contributed by atoms with Crippen molar-refractivity contribution < 1.29 is 98.2 Å². The van der Waals surface area contributed by atoms with Crippen molar-refractivity contribution >= 4 is 11.9 Å². The van der Waals surface area contributed by atoms with Crippen molar-refractivity contribution in [2.75, 3.05) is 27.9 Å². The molecular weight excluding hydrogens is 1260 g/mol. The number of aliphatic hydroxyl groups is 9. The molecule has 564 valence electrons. The van der Waals surface area contributed by atoms with Crippen LogP contribution in [0, 0.1) is 53.3 Å². The molecule has 2 fully saturated rings. The predicted octanol–water partition coefficient (Wildman–Crippen LogP) is 9.70. The van der Waals surface area contributed by atoms with Crippen LogP contribution in [-0.4, -0.2) is 214 Å². The average Bonchev–Trinajstić information content (AvgIpc) is 0.850. The molecule has 0 amide bonds. The minimum Gasteiger partial charge on any atom is -0.459 e. The van der Waals surface area contributed by atoms with Gasteiger partial charge in [-0.15, -0.1) is 0 Å². The van der Waals surface area contributed by atoms with Gasteiger partial charge in [0.2, 0.25) is 0 Å². The van der Waals surface area contributed by atoms with Gasteiger partial charge in [0.15, 0.2) is 0 Å². The Bertz CT molecular complexity index is 2480. The third-order valence-electron chi connectivity index (χ3n) is 22.4. The van der Waals surface area contributed by atoms with Crippen molar-refractivity contribution in [3.8, 4) is 0 Å². The average molecular weight is 1390 g/mol. The predicted molar refractivity (Wildman–Crippen MR) is 377 cm³/mol. The molecule has 3 unspecified atom stereocenters. The zero-order valence-electron chi connectivity index (χ0n) is 62.0. The van der Waals surface area contributed by atoms with Gasteiger partial charge in [0, 0.05) is 88.9 Å². The number of fused-ring (bicyclic) bond motifs is 4. The second-order valence-electron chi connectivity index (χ2n) is 30.5. The monoisotopic (exact) mass is 1390 g/mol. The number of ether oxygens (including phenoxy) is 9. The number of aliphatic hydroxyl groups excluding tert-OH is 9. The van der Waals surface area contributed by atoms with Crippen molar-refractivity contribution in [2.24, 2.45) is 53.3 Å². The Morgan fingerprint density at radius 1 is 0.500 bits per heavy atom. The summed E-state index contributed by atoms with van der Waals surface area (Å²) in [4.78, 5) is 27.7. The number of esters is 2. The van der Waals surface area contributed by atoms with Crippen molar-refractivity contribution in [1.29, 1.82) is 0 Å². The Hall–Kier alpha value is -3.26. The second-order valence-corrected chi connectivity index (χ2v) is 30.5. The molecule has 0 aromatic carbocycles. The highest BCUT2D eigenvalue weighted by Gasteiger charge is 2.42. The van der Waals surface area contributed by atoms with Gasteiger partial charge in [0.25, 0.3) is 0 Å². The first-order valence-electron chi connectivity index (χ1n) is 37.1. The number of allylic oxidation sites excluding steroid dienone is 4. The molecule has 5 rings (SSSR count). The Balaban J connectivity index is 1.37. The Morgan fingerprint density at radius 2 is 0.959 bits per heavy atom. The van der Waals surface area contributed by atoms with E-state index in [0.717, 1.165) is 25.7 Å². The molecule has 20 nitrogen and oxygen atoms in total. The van der Waals surface area contributed by atoms with Crippen LogP contribution in [-0.2, 0) is 52.2 Å². The molecule has 98 heavy (non-hydrogen) atoms. The van der Waals surface area contributed by atoms with Crippen LogP contribution in [0.25, 0.3) is 0 Å². The van der Waals surface area contributed by atoms with Crippen LogP contribution in [0.2, 0.25) is 0 Å². The second kappa shape index (κ2) is 43.1. The van der Waals surface area contributed by atoms with E-state index in [0.29, 0.717) is 62.5 Å². The third-order valence-corrected chi connectivity index (χ3v) is 22.4. The molecular formula is C78H132O20. The van der Waals surface area contributed by atoms with Gasteiger partial charge in [-0.1, -0.05) is 115 Å². The van der Waals surface area contributed by atoms with Crippen LogP contribution in [0.5, 0.6) is 0 Å². The van der Waals surface area contributed by atoms with E-state index in [9.17, 15) is 55.5 Å². The number of hydrogen-bond donors (Lipinski definition) is 9. The quantitative estimate of drug-likeness (QED) is 0.0577. The van der Waals surface area contributed by atoms with Crippen molar-refractivity contribution in [3.63, 3.8) is 0 Å². The van der Waals surface area contributed by atoms with E-state index in [1.807, 2.05) is 98.8 Å². The first kappa shape index (κ1) is 85.4. The van der Waals surface area contributed by atoms with E-state index in [1.165, 1.54) is 12.2 Å². The van der Waals surface area contributed by atoms with E-state index in [4.69, 9.17) is 42.6 Å². The first-order chi connectivity index (χ1) is 46.4. The molecule has 0 spiro atoms. The lowest BCUT2D eigenvalue weighted by Gasteiger charge is -2.38. The van der Waals surface area contributed by atoms with Crippen LogP contribution in [0.3, 0.4) is 0 Å². The van der Waals surface area contributed by atoms with Crippen molar-refractivity contribution in [1.82, 2.24) is 0 Å². The lowest BCUT2D eigenvalue weighted by molar-refractivity contribution is -0.158. The molecule has 0 aromatic heterocycles. The lowest BCUT2D eigenvalue weighted by atomic mass is 9.77. The number of hydrogen-bond acceptors (Lipinski definition) is 20. The highest BCUT2D eigenvalue weighted by atomic mass is 16.6. The maximum Gasteiger partial charge on any atom is 0.331 e. The molecule has 4 bridgehead atoms. The van der Waals surface area contributed by atoms with Crippen LogP contribution in [0.1, 0.15) is 199 Å². The number of cyclic esters (lactones) is 2. The van der Waals surface area contributed by atoms with Crippen molar-refractivity contribution in [2.45, 2.75) is 327 Å². The number of carbonyl (C=O) groups is 2. The summed E-state index contributed by atoms with van der Waals surface area (Å²) in [5.74, 6) is -5.96. The van der Waals surface area contributed by atoms with Crippen LogP contribution in [0.4, 0.5) is 0 Å². The normalized spacial score (nSPS) is 42.2. The Morgan fingerprint density at radius 3 is 1.45 bits per heavy atom. The largest absolute Gasteiger partial charge is 0.459 e. The maximum atomic E-state index is 13.9. The molecule has 5 aliphatic rings. The Labute approximate surface area is 587 Å². The molecule has 2 saturated heterocycles. The molecule has 0 aliphatic carbocycles. The Kier molecular flexibility index (Phi) is 37.6. The van der Waals surface area contributed by atoms with Gasteiger partial charge in [-0.2, -0.15) is 0 Å². The summed E-state index contributed by atoms with van der Waals surface area (Å²) in [5, 5.41) is 105. The van der Waals surface area contributed by atoms with Gasteiger partial charge < -0.3 is 88.6 Å². The SMILES string of the molecule is CO[C@H]1CC(CC[C@H](C)[C@H](O)[C@H](C)C2OC(=O)/C=C/C(C)=C/C[C@H](O)C[C@@H]3C=CC[C@@H](C[C@H](OC)[C@@H](C)[C@@H](O)C[C@@H](O)[C@H](C)[C@H](O)[C@@H](C)[C@H]([C@@H](C)CC[C@H]4C[C@H](OC)C[C@H](C)O4)OC(=O)/C=C/C(C)=C/C[C@H](O)C[C@@H]4C=CCC(C[C@H](CO)[C@@H](C)[C@@H](O)C[C@@H](O)[C@@H]2C)O4)O3)O[C@@H](C)C1. The zero-order valence-corrected chi connectivity index (χ0v) is 62.0. The molecule has 5 heterocycles. The molecule has 0 aromatic rings. The van der Waals surface area contributed by atoms with E-state index in [2.05, 4.69) is 0 Å². The zero-order chi connectivity index (χ0) is 72.5.